The van der Waals surface area contributed by atoms with Crippen LogP contribution in [0.4, 0.5) is 5.69 Å². The highest BCUT2D eigenvalue weighted by atomic mass is 14.9. The van der Waals surface area contributed by atoms with Gasteiger partial charge in [0.25, 0.3) is 0 Å². The van der Waals surface area contributed by atoms with Crippen molar-refractivity contribution in [2.45, 2.75) is 58.3 Å². The number of benzene rings is 1. The number of hydrogen-bond donors (Lipinski definition) is 1. The Morgan fingerprint density at radius 2 is 1.95 bits per heavy atom. The molecule has 1 aromatic rings. The summed E-state index contributed by atoms with van der Waals surface area (Å²) in [4.78, 5) is 0. The summed E-state index contributed by atoms with van der Waals surface area (Å²) in [6.07, 6.45) is 9.93. The third-order valence-corrected chi connectivity index (χ3v) is 4.60. The summed E-state index contributed by atoms with van der Waals surface area (Å²) < 4.78 is 0. The standard InChI is InChI=1S/C20H29N/c1-4-16(2)13-14-18-9-8-12-20(15-18)21-17(3)19-10-6-5-7-11-19/h8-9,12,15,19,21H,2-7,10-11,13-14H2,1H3. The largest absolute Gasteiger partial charge is 0.359 e. The van der Waals surface area contributed by atoms with Crippen LogP contribution >= 0.6 is 0 Å². The maximum atomic E-state index is 4.27. The Labute approximate surface area is 130 Å². The molecule has 1 aliphatic rings. The molecule has 0 radical (unpaired) electrons. The minimum Gasteiger partial charge on any atom is -0.359 e. The lowest BCUT2D eigenvalue weighted by atomic mass is 9.87. The minimum atomic E-state index is 0.655. The fourth-order valence-electron chi connectivity index (χ4n) is 3.04. The molecule has 1 aliphatic carbocycles. The normalized spacial score (nSPS) is 15.7. The first-order valence-corrected chi connectivity index (χ1v) is 8.40. The molecule has 1 N–H and O–H groups in total. The van der Waals surface area contributed by atoms with E-state index in [-0.39, 0.29) is 0 Å². The lowest BCUT2D eigenvalue weighted by molar-refractivity contribution is 0.405. The average molecular weight is 283 g/mol. The third kappa shape index (κ3) is 5.08. The first-order chi connectivity index (χ1) is 10.2. The molecule has 0 aliphatic heterocycles. The van der Waals surface area contributed by atoms with E-state index in [2.05, 4.69) is 49.7 Å². The topological polar surface area (TPSA) is 12.0 Å². The molecule has 0 spiro atoms. The molecule has 1 aromatic carbocycles. The van der Waals surface area contributed by atoms with Gasteiger partial charge in [0.15, 0.2) is 0 Å². The zero-order chi connectivity index (χ0) is 15.1. The monoisotopic (exact) mass is 283 g/mol. The molecule has 0 atom stereocenters. The summed E-state index contributed by atoms with van der Waals surface area (Å²) >= 11 is 0. The molecule has 1 nitrogen and oxygen atoms in total. The van der Waals surface area contributed by atoms with E-state index in [9.17, 15) is 0 Å². The van der Waals surface area contributed by atoms with Gasteiger partial charge in [0.1, 0.15) is 0 Å². The van der Waals surface area contributed by atoms with Gasteiger partial charge in [0.2, 0.25) is 0 Å². The van der Waals surface area contributed by atoms with Gasteiger partial charge in [-0.15, -0.1) is 0 Å². The molecule has 1 heteroatoms. The summed E-state index contributed by atoms with van der Waals surface area (Å²) in [5.74, 6) is 0.655. The number of anilines is 1. The SMILES string of the molecule is C=C(CC)CCc1cccc(NC(=C)C2CCCCC2)c1. The molecular formula is C20H29N. The first kappa shape index (κ1) is 15.9. The Balaban J connectivity index is 1.90. The summed E-state index contributed by atoms with van der Waals surface area (Å²) in [5, 5.41) is 3.54. The smallest absolute Gasteiger partial charge is 0.0384 e. The molecule has 114 valence electrons. The fourth-order valence-corrected chi connectivity index (χ4v) is 3.04. The Morgan fingerprint density at radius 3 is 2.67 bits per heavy atom. The van der Waals surface area contributed by atoms with Crippen LogP contribution in [0.25, 0.3) is 0 Å². The summed E-state index contributed by atoms with van der Waals surface area (Å²) in [6, 6.07) is 8.75. The highest BCUT2D eigenvalue weighted by Gasteiger charge is 2.16. The molecule has 1 fully saturated rings. The molecule has 2 rings (SSSR count). The predicted molar refractivity (Wildman–Crippen MR) is 93.5 cm³/mol. The molecule has 0 amide bonds. The minimum absolute atomic E-state index is 0.655. The van der Waals surface area contributed by atoms with Crippen molar-refractivity contribution < 1.29 is 0 Å². The number of nitrogens with one attached hydrogen (secondary N) is 1. The van der Waals surface area contributed by atoms with Crippen molar-refractivity contribution >= 4 is 5.69 Å². The molecular weight excluding hydrogens is 254 g/mol. The summed E-state index contributed by atoms with van der Waals surface area (Å²) in [7, 11) is 0. The van der Waals surface area contributed by atoms with Crippen molar-refractivity contribution in [3.63, 3.8) is 0 Å². The molecule has 1 saturated carbocycles. The van der Waals surface area contributed by atoms with Gasteiger partial charge >= 0.3 is 0 Å². The Morgan fingerprint density at radius 1 is 1.19 bits per heavy atom. The molecule has 0 bridgehead atoms. The zero-order valence-corrected chi connectivity index (χ0v) is 13.5. The van der Waals surface area contributed by atoms with Crippen LogP contribution in [-0.4, -0.2) is 0 Å². The second-order valence-corrected chi connectivity index (χ2v) is 6.29. The van der Waals surface area contributed by atoms with Crippen LogP contribution in [0.5, 0.6) is 0 Å². The zero-order valence-electron chi connectivity index (χ0n) is 13.5. The third-order valence-electron chi connectivity index (χ3n) is 4.60. The first-order valence-electron chi connectivity index (χ1n) is 8.40. The van der Waals surface area contributed by atoms with Gasteiger partial charge in [0, 0.05) is 11.4 Å². The van der Waals surface area contributed by atoms with Gasteiger partial charge in [-0.3, -0.25) is 0 Å². The van der Waals surface area contributed by atoms with Gasteiger partial charge in [-0.2, -0.15) is 0 Å². The van der Waals surface area contributed by atoms with Crippen molar-refractivity contribution in [2.24, 2.45) is 5.92 Å². The van der Waals surface area contributed by atoms with E-state index in [0.29, 0.717) is 5.92 Å². The lowest BCUT2D eigenvalue weighted by Gasteiger charge is -2.24. The van der Waals surface area contributed by atoms with Gasteiger partial charge < -0.3 is 5.32 Å². The highest BCUT2D eigenvalue weighted by molar-refractivity contribution is 5.50. The molecule has 21 heavy (non-hydrogen) atoms. The van der Waals surface area contributed by atoms with Crippen LogP contribution in [0, 0.1) is 5.92 Å². The molecule has 0 aromatic heterocycles. The van der Waals surface area contributed by atoms with Crippen LogP contribution in [0.15, 0.2) is 48.7 Å². The van der Waals surface area contributed by atoms with Crippen molar-refractivity contribution in [2.75, 3.05) is 5.32 Å². The van der Waals surface area contributed by atoms with E-state index in [1.165, 1.54) is 54.6 Å². The van der Waals surface area contributed by atoms with E-state index in [1.54, 1.807) is 0 Å². The van der Waals surface area contributed by atoms with Gasteiger partial charge in [-0.25, -0.2) is 0 Å². The van der Waals surface area contributed by atoms with E-state index in [0.717, 1.165) is 19.3 Å². The average Bonchev–Trinajstić information content (AvgIpc) is 2.53. The van der Waals surface area contributed by atoms with Crippen molar-refractivity contribution in [3.8, 4) is 0 Å². The van der Waals surface area contributed by atoms with Crippen LogP contribution in [-0.2, 0) is 6.42 Å². The summed E-state index contributed by atoms with van der Waals surface area (Å²) in [6.45, 7) is 10.5. The maximum absolute atomic E-state index is 4.27. The predicted octanol–water partition coefficient (Wildman–Crippen LogP) is 6.09. The second-order valence-electron chi connectivity index (χ2n) is 6.29. The number of aryl methyl sites for hydroxylation is 1. The van der Waals surface area contributed by atoms with E-state index >= 15 is 0 Å². The van der Waals surface area contributed by atoms with E-state index in [4.69, 9.17) is 0 Å². The number of hydrogen-bond acceptors (Lipinski definition) is 1. The Bertz CT molecular complexity index is 480. The quantitative estimate of drug-likeness (QED) is 0.597. The van der Waals surface area contributed by atoms with Gasteiger partial charge in [0.05, 0.1) is 0 Å². The second kappa shape index (κ2) is 8.07. The van der Waals surface area contributed by atoms with E-state index in [1.807, 2.05) is 0 Å². The maximum Gasteiger partial charge on any atom is 0.0384 e. The van der Waals surface area contributed by atoms with Crippen LogP contribution in [0.3, 0.4) is 0 Å². The van der Waals surface area contributed by atoms with Gasteiger partial charge in [-0.1, -0.05) is 57.0 Å². The van der Waals surface area contributed by atoms with Crippen LogP contribution in [0.2, 0.25) is 0 Å². The van der Waals surface area contributed by atoms with Crippen molar-refractivity contribution in [1.29, 1.82) is 0 Å². The highest BCUT2D eigenvalue weighted by Crippen LogP contribution is 2.29. The molecule has 0 heterocycles. The van der Waals surface area contributed by atoms with E-state index < -0.39 is 0 Å². The van der Waals surface area contributed by atoms with Gasteiger partial charge in [-0.05, 0) is 55.7 Å². The number of rotatable bonds is 7. The Kier molecular flexibility index (Phi) is 6.10. The lowest BCUT2D eigenvalue weighted by Crippen LogP contribution is -2.14. The summed E-state index contributed by atoms with van der Waals surface area (Å²) in [5.41, 5.74) is 5.10. The van der Waals surface area contributed by atoms with Crippen molar-refractivity contribution in [1.82, 2.24) is 0 Å². The Hall–Kier alpha value is -1.50. The number of allylic oxidation sites excluding steroid dienone is 2. The molecule has 0 saturated heterocycles. The fraction of sp³-hybridized carbons (Fsp3) is 0.500. The van der Waals surface area contributed by atoms with Crippen molar-refractivity contribution in [3.05, 3.63) is 54.3 Å². The van der Waals surface area contributed by atoms with Crippen LogP contribution in [0.1, 0.15) is 57.4 Å². The van der Waals surface area contributed by atoms with Crippen LogP contribution < -0.4 is 5.32 Å². The molecule has 0 unspecified atom stereocenters.